The van der Waals surface area contributed by atoms with Crippen LogP contribution >= 0.6 is 11.3 Å². The quantitative estimate of drug-likeness (QED) is 0.531. The highest BCUT2D eigenvalue weighted by molar-refractivity contribution is 7.15. The zero-order valence-electron chi connectivity index (χ0n) is 17.5. The number of rotatable bonds is 7. The van der Waals surface area contributed by atoms with Gasteiger partial charge in [-0.25, -0.2) is 0 Å². The summed E-state index contributed by atoms with van der Waals surface area (Å²) in [4.78, 5) is 14.4. The van der Waals surface area contributed by atoms with Crippen molar-refractivity contribution in [1.29, 1.82) is 0 Å². The Morgan fingerprint density at radius 3 is 2.76 bits per heavy atom. The predicted molar refractivity (Wildman–Crippen MR) is 117 cm³/mol. The molecule has 1 aliphatic heterocycles. The van der Waals surface area contributed by atoms with Gasteiger partial charge >= 0.3 is 6.36 Å². The van der Waals surface area contributed by atoms with E-state index in [0.717, 1.165) is 29.6 Å². The first-order valence-corrected chi connectivity index (χ1v) is 10.8. The molecule has 2 N–H and O–H groups in total. The van der Waals surface area contributed by atoms with Crippen LogP contribution in [0.3, 0.4) is 0 Å². The summed E-state index contributed by atoms with van der Waals surface area (Å²) in [5.41, 5.74) is 0.375. The molecule has 4 rings (SSSR count). The highest BCUT2D eigenvalue weighted by atomic mass is 32.1. The maximum absolute atomic E-state index is 12.4. The number of anilines is 3. The highest BCUT2D eigenvalue weighted by Crippen LogP contribution is 2.32. The molecule has 0 bridgehead atoms. The minimum atomic E-state index is -4.79. The molecule has 1 aromatic carbocycles. The Labute approximate surface area is 191 Å². The van der Waals surface area contributed by atoms with Gasteiger partial charge < -0.3 is 20.3 Å². The van der Waals surface area contributed by atoms with Gasteiger partial charge in [0.2, 0.25) is 11.0 Å². The molecule has 0 radical (unpaired) electrons. The second-order valence-electron chi connectivity index (χ2n) is 7.32. The third kappa shape index (κ3) is 6.06. The van der Waals surface area contributed by atoms with Gasteiger partial charge in [0, 0.05) is 26.1 Å². The number of hydrogen-bond acceptors (Lipinski definition) is 9. The molecule has 1 aliphatic rings. The van der Waals surface area contributed by atoms with Crippen molar-refractivity contribution in [2.24, 2.45) is 0 Å². The van der Waals surface area contributed by atoms with E-state index in [4.69, 9.17) is 0 Å². The molecule has 2 aromatic heterocycles. The molecule has 0 saturated carbocycles. The Morgan fingerprint density at radius 1 is 1.21 bits per heavy atom. The van der Waals surface area contributed by atoms with Crippen LogP contribution < -0.4 is 20.3 Å². The van der Waals surface area contributed by atoms with Crippen LogP contribution in [0.4, 0.5) is 29.9 Å². The van der Waals surface area contributed by atoms with Crippen LogP contribution in [-0.2, 0) is 11.2 Å². The molecule has 3 aromatic rings. The standard InChI is InChI=1S/C20H20F3N7O2S/c1-24-19-29-28-18(33-19)13-7-8-30(11-13)16-6-5-15(26-27-16)25-17(31)10-12-3-2-4-14(9-12)32-20(21,22)23/h2-6,9,13H,7-8,10-11H2,1H3,(H,24,29)(H,25,26,31). The Balaban J connectivity index is 1.31. The van der Waals surface area contributed by atoms with E-state index in [9.17, 15) is 18.0 Å². The molecular weight excluding hydrogens is 459 g/mol. The highest BCUT2D eigenvalue weighted by Gasteiger charge is 2.31. The lowest BCUT2D eigenvalue weighted by molar-refractivity contribution is -0.274. The number of carbonyl (C=O) groups excluding carboxylic acids is 1. The molecule has 1 unspecified atom stereocenters. The number of ether oxygens (including phenoxy) is 1. The number of benzene rings is 1. The molecule has 1 fully saturated rings. The number of aromatic nitrogens is 4. The van der Waals surface area contributed by atoms with Crippen molar-refractivity contribution >= 4 is 34.0 Å². The number of hydrogen-bond donors (Lipinski definition) is 2. The summed E-state index contributed by atoms with van der Waals surface area (Å²) in [5, 5.41) is 23.9. The molecule has 3 heterocycles. The van der Waals surface area contributed by atoms with Crippen LogP contribution in [0.5, 0.6) is 5.75 Å². The maximum atomic E-state index is 12.4. The summed E-state index contributed by atoms with van der Waals surface area (Å²) in [6.07, 6.45) is -4.00. The summed E-state index contributed by atoms with van der Waals surface area (Å²) in [5.74, 6) is 0.398. The minimum Gasteiger partial charge on any atom is -0.406 e. The lowest BCUT2D eigenvalue weighted by atomic mass is 10.1. The van der Waals surface area contributed by atoms with Crippen molar-refractivity contribution in [1.82, 2.24) is 20.4 Å². The van der Waals surface area contributed by atoms with Gasteiger partial charge in [0.05, 0.1) is 6.42 Å². The molecule has 1 amide bonds. The van der Waals surface area contributed by atoms with Gasteiger partial charge in [-0.3, -0.25) is 4.79 Å². The van der Waals surface area contributed by atoms with Gasteiger partial charge in [-0.1, -0.05) is 23.5 Å². The molecule has 0 aliphatic carbocycles. The lowest BCUT2D eigenvalue weighted by Gasteiger charge is -2.16. The van der Waals surface area contributed by atoms with E-state index in [0.29, 0.717) is 11.4 Å². The topological polar surface area (TPSA) is 105 Å². The Morgan fingerprint density at radius 2 is 2.06 bits per heavy atom. The number of amides is 1. The van der Waals surface area contributed by atoms with Gasteiger partial charge in [-0.2, -0.15) is 0 Å². The van der Waals surface area contributed by atoms with Crippen molar-refractivity contribution in [2.45, 2.75) is 25.1 Å². The van der Waals surface area contributed by atoms with Gasteiger partial charge in [-0.15, -0.1) is 33.6 Å². The average molecular weight is 479 g/mol. The summed E-state index contributed by atoms with van der Waals surface area (Å²) in [7, 11) is 1.81. The number of carbonyl (C=O) groups is 1. The second-order valence-corrected chi connectivity index (χ2v) is 8.33. The number of halogens is 3. The predicted octanol–water partition coefficient (Wildman–Crippen LogP) is 3.44. The Bertz CT molecular complexity index is 1110. The summed E-state index contributed by atoms with van der Waals surface area (Å²) in [6.45, 7) is 1.55. The van der Waals surface area contributed by atoms with Crippen molar-refractivity contribution in [3.05, 3.63) is 47.0 Å². The van der Waals surface area contributed by atoms with Crippen LogP contribution in [-0.4, -0.2) is 52.8 Å². The molecule has 174 valence electrons. The molecule has 9 nitrogen and oxygen atoms in total. The normalized spacial score (nSPS) is 16.0. The van der Waals surface area contributed by atoms with E-state index in [-0.39, 0.29) is 23.9 Å². The first-order valence-electron chi connectivity index (χ1n) is 10.0. The fourth-order valence-electron chi connectivity index (χ4n) is 3.46. The monoisotopic (exact) mass is 479 g/mol. The van der Waals surface area contributed by atoms with Crippen LogP contribution in [0.2, 0.25) is 0 Å². The van der Waals surface area contributed by atoms with Gasteiger partial charge in [0.15, 0.2) is 11.6 Å². The molecule has 0 spiro atoms. The van der Waals surface area contributed by atoms with Gasteiger partial charge in [-0.05, 0) is 36.2 Å². The van der Waals surface area contributed by atoms with E-state index in [2.05, 4.69) is 40.7 Å². The van der Waals surface area contributed by atoms with Crippen LogP contribution in [0.25, 0.3) is 0 Å². The smallest absolute Gasteiger partial charge is 0.406 e. The fraction of sp³-hybridized carbons (Fsp3) is 0.350. The summed E-state index contributed by atoms with van der Waals surface area (Å²) < 4.78 is 41.0. The third-order valence-electron chi connectivity index (χ3n) is 4.93. The second kappa shape index (κ2) is 9.57. The molecule has 13 heteroatoms. The number of nitrogens with one attached hydrogen (secondary N) is 2. The number of nitrogens with zero attached hydrogens (tertiary/aromatic N) is 5. The fourth-order valence-corrected chi connectivity index (χ4v) is 4.28. The zero-order valence-corrected chi connectivity index (χ0v) is 18.3. The largest absolute Gasteiger partial charge is 0.573 e. The SMILES string of the molecule is CNc1nnc(C2CCN(c3ccc(NC(=O)Cc4cccc(OC(F)(F)F)c4)nn3)C2)s1. The number of alkyl halides is 3. The first kappa shape index (κ1) is 22.7. The molecule has 33 heavy (non-hydrogen) atoms. The Hall–Kier alpha value is -3.48. The average Bonchev–Trinajstić information content (AvgIpc) is 3.43. The molecular formula is C20H20F3N7O2S. The van der Waals surface area contributed by atoms with Crippen LogP contribution in [0, 0.1) is 0 Å². The van der Waals surface area contributed by atoms with E-state index < -0.39 is 12.3 Å². The van der Waals surface area contributed by atoms with Gasteiger partial charge in [0.1, 0.15) is 10.8 Å². The van der Waals surface area contributed by atoms with E-state index >= 15 is 0 Å². The van der Waals surface area contributed by atoms with Crippen LogP contribution in [0.1, 0.15) is 22.9 Å². The van der Waals surface area contributed by atoms with Crippen molar-refractivity contribution in [3.8, 4) is 5.75 Å². The maximum Gasteiger partial charge on any atom is 0.573 e. The van der Waals surface area contributed by atoms with Crippen molar-refractivity contribution in [3.63, 3.8) is 0 Å². The van der Waals surface area contributed by atoms with E-state index in [1.807, 2.05) is 0 Å². The molecule has 1 atom stereocenters. The summed E-state index contributed by atoms with van der Waals surface area (Å²) >= 11 is 1.53. The van der Waals surface area contributed by atoms with Gasteiger partial charge in [0.25, 0.3) is 0 Å². The Kier molecular flexibility index (Phi) is 6.58. The lowest BCUT2D eigenvalue weighted by Crippen LogP contribution is -2.21. The van der Waals surface area contributed by atoms with E-state index in [1.54, 1.807) is 25.2 Å². The summed E-state index contributed by atoms with van der Waals surface area (Å²) in [6, 6.07) is 8.68. The van der Waals surface area contributed by atoms with E-state index in [1.165, 1.54) is 29.5 Å². The van der Waals surface area contributed by atoms with Crippen molar-refractivity contribution in [2.75, 3.05) is 35.7 Å². The molecule has 1 saturated heterocycles. The zero-order chi connectivity index (χ0) is 23.4. The minimum absolute atomic E-state index is 0.136. The van der Waals surface area contributed by atoms with Crippen LogP contribution in [0.15, 0.2) is 36.4 Å². The van der Waals surface area contributed by atoms with Crippen molar-refractivity contribution < 1.29 is 22.7 Å². The third-order valence-corrected chi connectivity index (χ3v) is 6.03. The first-order chi connectivity index (χ1) is 15.8.